The molecule has 132 valence electrons. The standard InChI is InChI=1S/C18H27N3O3/c1-2-3-10-19-17(23)12-20-16-9-5-4-8-15(16)18(24)21-11-6-7-14(22)13-21/h4-5,8-9,14,20,22H,2-3,6-7,10-13H2,1H3,(H,19,23)/t14-/m0/s1. The molecule has 1 aliphatic rings. The van der Waals surface area contributed by atoms with Gasteiger partial charge in [0.2, 0.25) is 5.91 Å². The number of β-amino-alcohol motifs (C(OH)–C–C–N with tert-alkyl or cyclic N) is 1. The van der Waals surface area contributed by atoms with Crippen molar-refractivity contribution in [3.63, 3.8) is 0 Å². The maximum atomic E-state index is 12.7. The molecule has 1 saturated heterocycles. The fraction of sp³-hybridized carbons (Fsp3) is 0.556. The Labute approximate surface area is 143 Å². The lowest BCUT2D eigenvalue weighted by Gasteiger charge is -2.30. The highest BCUT2D eigenvalue weighted by Crippen LogP contribution is 2.20. The fourth-order valence-electron chi connectivity index (χ4n) is 2.78. The van der Waals surface area contributed by atoms with Crippen LogP contribution in [-0.4, -0.2) is 54.1 Å². The maximum absolute atomic E-state index is 12.7. The summed E-state index contributed by atoms with van der Waals surface area (Å²) in [6.07, 6.45) is 3.08. The van der Waals surface area contributed by atoms with Gasteiger partial charge in [0, 0.05) is 25.3 Å². The van der Waals surface area contributed by atoms with Crippen molar-refractivity contribution in [2.45, 2.75) is 38.7 Å². The van der Waals surface area contributed by atoms with Gasteiger partial charge in [-0.3, -0.25) is 9.59 Å². The summed E-state index contributed by atoms with van der Waals surface area (Å²) in [6, 6.07) is 7.19. The first kappa shape index (κ1) is 18.3. The van der Waals surface area contributed by atoms with Gasteiger partial charge in [-0.25, -0.2) is 0 Å². The van der Waals surface area contributed by atoms with Crippen LogP contribution in [0.3, 0.4) is 0 Å². The molecule has 0 saturated carbocycles. The number of hydrogen-bond acceptors (Lipinski definition) is 4. The lowest BCUT2D eigenvalue weighted by atomic mass is 10.1. The van der Waals surface area contributed by atoms with Gasteiger partial charge in [0.1, 0.15) is 0 Å². The summed E-state index contributed by atoms with van der Waals surface area (Å²) in [4.78, 5) is 26.2. The molecule has 1 fully saturated rings. The molecule has 0 radical (unpaired) electrons. The first-order valence-corrected chi connectivity index (χ1v) is 8.68. The van der Waals surface area contributed by atoms with E-state index in [9.17, 15) is 14.7 Å². The van der Waals surface area contributed by atoms with Crippen LogP contribution in [-0.2, 0) is 4.79 Å². The second kappa shape index (κ2) is 9.27. The summed E-state index contributed by atoms with van der Waals surface area (Å²) in [6.45, 7) is 3.90. The van der Waals surface area contributed by atoms with Gasteiger partial charge in [-0.05, 0) is 31.4 Å². The lowest BCUT2D eigenvalue weighted by molar-refractivity contribution is -0.119. The molecular formula is C18H27N3O3. The van der Waals surface area contributed by atoms with Crippen LogP contribution in [0.4, 0.5) is 5.69 Å². The van der Waals surface area contributed by atoms with E-state index in [0.29, 0.717) is 30.9 Å². The zero-order chi connectivity index (χ0) is 17.4. The van der Waals surface area contributed by atoms with Crippen LogP contribution in [0.5, 0.6) is 0 Å². The van der Waals surface area contributed by atoms with Crippen LogP contribution in [0, 0.1) is 0 Å². The molecule has 1 aliphatic heterocycles. The number of carbonyl (C=O) groups is 2. The third kappa shape index (κ3) is 5.23. The quantitative estimate of drug-likeness (QED) is 0.662. The molecule has 2 rings (SSSR count). The molecule has 1 aromatic rings. The van der Waals surface area contributed by atoms with E-state index in [0.717, 1.165) is 25.7 Å². The molecule has 0 aromatic heterocycles. The normalized spacial score (nSPS) is 17.4. The Hall–Kier alpha value is -2.08. The van der Waals surface area contributed by atoms with Crippen LogP contribution in [0.15, 0.2) is 24.3 Å². The topological polar surface area (TPSA) is 81.7 Å². The number of unbranched alkanes of at least 4 members (excludes halogenated alkanes) is 1. The Morgan fingerprint density at radius 2 is 2.12 bits per heavy atom. The number of carbonyl (C=O) groups excluding carboxylic acids is 2. The highest BCUT2D eigenvalue weighted by atomic mass is 16.3. The summed E-state index contributed by atoms with van der Waals surface area (Å²) in [7, 11) is 0. The zero-order valence-electron chi connectivity index (χ0n) is 14.3. The van der Waals surface area contributed by atoms with Gasteiger partial charge in [-0.15, -0.1) is 0 Å². The first-order chi connectivity index (χ1) is 11.6. The van der Waals surface area contributed by atoms with Crippen molar-refractivity contribution in [3.05, 3.63) is 29.8 Å². The monoisotopic (exact) mass is 333 g/mol. The number of nitrogens with zero attached hydrogens (tertiary/aromatic N) is 1. The van der Waals surface area contributed by atoms with Crippen molar-refractivity contribution in [1.82, 2.24) is 10.2 Å². The molecule has 0 spiro atoms. The van der Waals surface area contributed by atoms with Gasteiger partial charge < -0.3 is 20.6 Å². The number of hydrogen-bond donors (Lipinski definition) is 3. The van der Waals surface area contributed by atoms with Crippen LogP contribution in [0.2, 0.25) is 0 Å². The third-order valence-corrected chi connectivity index (χ3v) is 4.13. The third-order valence-electron chi connectivity index (χ3n) is 4.13. The minimum Gasteiger partial charge on any atom is -0.391 e. The van der Waals surface area contributed by atoms with E-state index in [-0.39, 0.29) is 18.4 Å². The van der Waals surface area contributed by atoms with Gasteiger partial charge in [-0.1, -0.05) is 25.5 Å². The summed E-state index contributed by atoms with van der Waals surface area (Å²) >= 11 is 0. The maximum Gasteiger partial charge on any atom is 0.256 e. The van der Waals surface area contributed by atoms with Crippen molar-refractivity contribution < 1.29 is 14.7 Å². The fourth-order valence-corrected chi connectivity index (χ4v) is 2.78. The number of rotatable bonds is 7. The number of benzene rings is 1. The summed E-state index contributed by atoms with van der Waals surface area (Å²) in [5, 5.41) is 15.7. The Kier molecular flexibility index (Phi) is 7.06. The molecule has 1 aromatic carbocycles. The van der Waals surface area contributed by atoms with Gasteiger partial charge in [0.25, 0.3) is 5.91 Å². The van der Waals surface area contributed by atoms with E-state index >= 15 is 0 Å². The van der Waals surface area contributed by atoms with E-state index in [1.54, 1.807) is 23.1 Å². The molecule has 0 bridgehead atoms. The van der Waals surface area contributed by atoms with Crippen molar-refractivity contribution in [1.29, 1.82) is 0 Å². The van der Waals surface area contributed by atoms with Crippen LogP contribution < -0.4 is 10.6 Å². The van der Waals surface area contributed by atoms with E-state index in [1.165, 1.54) is 0 Å². The van der Waals surface area contributed by atoms with Gasteiger partial charge in [0.15, 0.2) is 0 Å². The van der Waals surface area contributed by atoms with Gasteiger partial charge in [-0.2, -0.15) is 0 Å². The first-order valence-electron chi connectivity index (χ1n) is 8.68. The van der Waals surface area contributed by atoms with E-state index in [4.69, 9.17) is 0 Å². The zero-order valence-corrected chi connectivity index (χ0v) is 14.3. The molecule has 6 heteroatoms. The summed E-state index contributed by atoms with van der Waals surface area (Å²) in [5.41, 5.74) is 1.18. The number of para-hydroxylation sites is 1. The minimum atomic E-state index is -0.452. The predicted molar refractivity (Wildman–Crippen MR) is 94.0 cm³/mol. The highest BCUT2D eigenvalue weighted by Gasteiger charge is 2.24. The molecule has 3 N–H and O–H groups in total. The number of likely N-dealkylation sites (tertiary alicyclic amines) is 1. The number of aliphatic hydroxyl groups excluding tert-OH is 1. The van der Waals surface area contributed by atoms with Crippen molar-refractivity contribution in [2.75, 3.05) is 31.5 Å². The highest BCUT2D eigenvalue weighted by molar-refractivity contribution is 6.00. The van der Waals surface area contributed by atoms with Crippen molar-refractivity contribution >= 4 is 17.5 Å². The van der Waals surface area contributed by atoms with E-state index in [1.807, 2.05) is 6.07 Å². The molecule has 0 unspecified atom stereocenters. The minimum absolute atomic E-state index is 0.0842. The van der Waals surface area contributed by atoms with Gasteiger partial charge in [0.05, 0.1) is 18.2 Å². The Bertz CT molecular complexity index is 562. The predicted octanol–water partition coefficient (Wildman–Crippen LogP) is 1.61. The molecular weight excluding hydrogens is 306 g/mol. The molecule has 1 atom stereocenters. The lowest BCUT2D eigenvalue weighted by Crippen LogP contribution is -2.42. The van der Waals surface area contributed by atoms with Crippen molar-refractivity contribution in [2.24, 2.45) is 0 Å². The average Bonchev–Trinajstić information content (AvgIpc) is 2.60. The Morgan fingerprint density at radius 3 is 2.88 bits per heavy atom. The molecule has 0 aliphatic carbocycles. The number of piperidine rings is 1. The number of amides is 2. The van der Waals surface area contributed by atoms with E-state index in [2.05, 4.69) is 17.6 Å². The number of aliphatic hydroxyl groups is 1. The summed E-state index contributed by atoms with van der Waals surface area (Å²) < 4.78 is 0. The second-order valence-corrected chi connectivity index (χ2v) is 6.15. The second-order valence-electron chi connectivity index (χ2n) is 6.15. The van der Waals surface area contributed by atoms with Crippen LogP contribution in [0.1, 0.15) is 43.0 Å². The Morgan fingerprint density at radius 1 is 1.33 bits per heavy atom. The Balaban J connectivity index is 1.96. The number of nitrogens with one attached hydrogen (secondary N) is 2. The smallest absolute Gasteiger partial charge is 0.256 e. The number of anilines is 1. The largest absolute Gasteiger partial charge is 0.391 e. The SMILES string of the molecule is CCCCNC(=O)CNc1ccccc1C(=O)N1CCC[C@H](O)C1. The molecule has 24 heavy (non-hydrogen) atoms. The summed E-state index contributed by atoms with van der Waals surface area (Å²) in [5.74, 6) is -0.192. The van der Waals surface area contributed by atoms with Crippen molar-refractivity contribution in [3.8, 4) is 0 Å². The van der Waals surface area contributed by atoms with Gasteiger partial charge >= 0.3 is 0 Å². The van der Waals surface area contributed by atoms with E-state index < -0.39 is 6.10 Å². The molecule has 1 heterocycles. The average molecular weight is 333 g/mol. The molecule has 2 amide bonds. The van der Waals surface area contributed by atoms with Crippen LogP contribution >= 0.6 is 0 Å². The molecule has 6 nitrogen and oxygen atoms in total. The van der Waals surface area contributed by atoms with Crippen LogP contribution in [0.25, 0.3) is 0 Å².